The number of aliphatic hydroxyl groups excluding tert-OH is 1. The van der Waals surface area contributed by atoms with Gasteiger partial charge in [-0.15, -0.1) is 0 Å². The molecule has 13 heteroatoms. The maximum Gasteiger partial charge on any atom is 0.259 e. The molecule has 0 aliphatic carbocycles. The molecule has 0 aliphatic heterocycles. The number of aromatic nitrogens is 2. The number of amides is 2. The third-order valence-electron chi connectivity index (χ3n) is 7.97. The lowest BCUT2D eigenvalue weighted by molar-refractivity contribution is -0.124. The number of rotatable bonds is 15. The first kappa shape index (κ1) is 36.6. The number of fused-ring (bicyclic) bond motifs is 1. The van der Waals surface area contributed by atoms with Gasteiger partial charge in [0.15, 0.2) is 11.7 Å². The van der Waals surface area contributed by atoms with Crippen LogP contribution in [0.1, 0.15) is 40.9 Å². The molecule has 3 N–H and O–H groups in total. The number of carbonyl (C=O) groups is 2. The molecule has 3 aromatic carbocycles. The molecule has 2 aromatic heterocycles. The summed E-state index contributed by atoms with van der Waals surface area (Å²) in [6, 6.07) is 22.2. The molecular formula is C37H41N5O6S2. The largest absolute Gasteiger partial charge is 0.483 e. The summed E-state index contributed by atoms with van der Waals surface area (Å²) in [5.41, 5.74) is 3.56. The van der Waals surface area contributed by atoms with Gasteiger partial charge in [-0.2, -0.15) is 4.31 Å². The minimum atomic E-state index is -4.11. The van der Waals surface area contributed by atoms with Gasteiger partial charge in [0.2, 0.25) is 10.0 Å². The van der Waals surface area contributed by atoms with E-state index in [1.54, 1.807) is 24.4 Å². The van der Waals surface area contributed by atoms with Gasteiger partial charge < -0.3 is 15.2 Å². The molecule has 0 saturated heterocycles. The minimum Gasteiger partial charge on any atom is -0.483 e. The first-order valence-corrected chi connectivity index (χ1v) is 18.5. The zero-order valence-corrected chi connectivity index (χ0v) is 30.0. The molecule has 5 aromatic rings. The van der Waals surface area contributed by atoms with Crippen LogP contribution in [0, 0.1) is 19.8 Å². The maximum atomic E-state index is 14.2. The van der Waals surface area contributed by atoms with Crippen LogP contribution in [0.4, 0.5) is 5.13 Å². The second-order valence-electron chi connectivity index (χ2n) is 12.5. The van der Waals surface area contributed by atoms with Gasteiger partial charge in [-0.1, -0.05) is 73.7 Å². The van der Waals surface area contributed by atoms with E-state index < -0.39 is 28.1 Å². The van der Waals surface area contributed by atoms with Crippen LogP contribution in [0.3, 0.4) is 0 Å². The van der Waals surface area contributed by atoms with E-state index in [-0.39, 0.29) is 42.8 Å². The predicted molar refractivity (Wildman–Crippen MR) is 195 cm³/mol. The molecule has 2 heterocycles. The fourth-order valence-corrected chi connectivity index (χ4v) is 8.14. The van der Waals surface area contributed by atoms with E-state index in [9.17, 15) is 23.1 Å². The molecule has 5 rings (SSSR count). The fraction of sp³-hybridized carbons (Fsp3) is 0.297. The average Bonchev–Trinajstić information content (AvgIpc) is 3.49. The molecule has 0 aliphatic rings. The number of hydrogen-bond donors (Lipinski definition) is 3. The van der Waals surface area contributed by atoms with Crippen molar-refractivity contribution in [3.63, 3.8) is 0 Å². The van der Waals surface area contributed by atoms with Crippen molar-refractivity contribution in [2.24, 2.45) is 5.92 Å². The minimum absolute atomic E-state index is 0.0253. The predicted octanol–water partition coefficient (Wildman–Crippen LogP) is 5.37. The summed E-state index contributed by atoms with van der Waals surface area (Å²) in [7, 11) is -4.11. The number of thiazole rings is 1. The van der Waals surface area contributed by atoms with Crippen LogP contribution in [-0.2, 0) is 21.2 Å². The molecule has 0 bridgehead atoms. The molecule has 0 fully saturated rings. The van der Waals surface area contributed by atoms with E-state index in [1.165, 1.54) is 22.6 Å². The van der Waals surface area contributed by atoms with Crippen LogP contribution in [0.25, 0.3) is 10.2 Å². The zero-order chi connectivity index (χ0) is 35.8. The number of anilines is 1. The van der Waals surface area contributed by atoms with E-state index in [0.29, 0.717) is 26.7 Å². The number of carbonyl (C=O) groups excluding carboxylic acids is 2. The number of nitrogens with one attached hydrogen (secondary N) is 2. The van der Waals surface area contributed by atoms with Gasteiger partial charge in [-0.25, -0.2) is 13.4 Å². The fourth-order valence-electron chi connectivity index (χ4n) is 5.51. The number of hydrogen-bond acceptors (Lipinski definition) is 9. The van der Waals surface area contributed by atoms with Crippen molar-refractivity contribution < 1.29 is 27.9 Å². The monoisotopic (exact) mass is 715 g/mol. The molecule has 2 atom stereocenters. The quantitative estimate of drug-likeness (QED) is 0.131. The zero-order valence-electron chi connectivity index (χ0n) is 28.4. The summed E-state index contributed by atoms with van der Waals surface area (Å²) in [5.74, 6) is -0.256. The van der Waals surface area contributed by atoms with Gasteiger partial charge in [0.05, 0.1) is 32.8 Å². The van der Waals surface area contributed by atoms with Crippen molar-refractivity contribution in [1.82, 2.24) is 19.6 Å². The SMILES string of the molecule is Cc1cccc(C)c1OCC(=O)N[C@@H](Cc1ccccc1)[C@H](O)CN(CC(C)C)S(=O)(=O)c1ccc2nc(NC(=O)c3cccnc3)sc2c1. The van der Waals surface area contributed by atoms with Crippen molar-refractivity contribution in [1.29, 1.82) is 0 Å². The maximum absolute atomic E-state index is 14.2. The van der Waals surface area contributed by atoms with Crippen molar-refractivity contribution in [2.75, 3.05) is 25.0 Å². The molecule has 0 radical (unpaired) electrons. The Morgan fingerprint density at radius 2 is 1.70 bits per heavy atom. The second-order valence-corrected chi connectivity index (χ2v) is 15.5. The Balaban J connectivity index is 1.35. The third-order valence-corrected chi connectivity index (χ3v) is 10.7. The molecule has 0 unspecified atom stereocenters. The van der Waals surface area contributed by atoms with E-state index >= 15 is 0 Å². The molecule has 262 valence electrons. The second kappa shape index (κ2) is 16.3. The first-order valence-electron chi connectivity index (χ1n) is 16.2. The number of aliphatic hydroxyl groups is 1. The highest BCUT2D eigenvalue weighted by atomic mass is 32.2. The van der Waals surface area contributed by atoms with Crippen molar-refractivity contribution in [2.45, 2.75) is 51.2 Å². The number of benzene rings is 3. The summed E-state index contributed by atoms with van der Waals surface area (Å²) < 4.78 is 36.0. The van der Waals surface area contributed by atoms with Crippen LogP contribution in [0.2, 0.25) is 0 Å². The number of para-hydroxylation sites is 1. The van der Waals surface area contributed by atoms with E-state index in [1.807, 2.05) is 76.2 Å². The van der Waals surface area contributed by atoms with E-state index in [4.69, 9.17) is 4.74 Å². The third kappa shape index (κ3) is 9.30. The number of nitrogens with zero attached hydrogens (tertiary/aromatic N) is 3. The Hall–Kier alpha value is -4.69. The lowest BCUT2D eigenvalue weighted by Crippen LogP contribution is -2.52. The van der Waals surface area contributed by atoms with Crippen molar-refractivity contribution in [3.8, 4) is 5.75 Å². The summed E-state index contributed by atoms with van der Waals surface area (Å²) in [5, 5.41) is 17.6. The highest BCUT2D eigenvalue weighted by Gasteiger charge is 2.32. The summed E-state index contributed by atoms with van der Waals surface area (Å²) in [6.45, 7) is 7.20. The van der Waals surface area contributed by atoms with E-state index in [2.05, 4.69) is 20.6 Å². The Bertz CT molecular complexity index is 2020. The molecular weight excluding hydrogens is 675 g/mol. The van der Waals surface area contributed by atoms with Crippen LogP contribution in [0.5, 0.6) is 5.75 Å². The van der Waals surface area contributed by atoms with Crippen LogP contribution in [0.15, 0.2) is 96.2 Å². The smallest absolute Gasteiger partial charge is 0.259 e. The van der Waals surface area contributed by atoms with E-state index in [0.717, 1.165) is 28.0 Å². The molecule has 11 nitrogen and oxygen atoms in total. The van der Waals surface area contributed by atoms with Crippen LogP contribution >= 0.6 is 11.3 Å². The van der Waals surface area contributed by atoms with Crippen molar-refractivity contribution in [3.05, 3.63) is 114 Å². The van der Waals surface area contributed by atoms with Crippen LogP contribution in [-0.4, -0.2) is 71.5 Å². The van der Waals surface area contributed by atoms with Gasteiger partial charge in [-0.05, 0) is 73.2 Å². The Kier molecular flexibility index (Phi) is 12.0. The van der Waals surface area contributed by atoms with Gasteiger partial charge in [0.1, 0.15) is 5.75 Å². The number of ether oxygens (including phenoxy) is 1. The number of aryl methyl sites for hydroxylation is 2. The first-order chi connectivity index (χ1) is 23.9. The average molecular weight is 716 g/mol. The van der Waals surface area contributed by atoms with Gasteiger partial charge in [-0.3, -0.25) is 19.9 Å². The van der Waals surface area contributed by atoms with Gasteiger partial charge >= 0.3 is 0 Å². The molecule has 2 amide bonds. The molecule has 0 spiro atoms. The Morgan fingerprint density at radius 3 is 2.38 bits per heavy atom. The number of sulfonamides is 1. The summed E-state index contributed by atoms with van der Waals surface area (Å²) in [4.78, 5) is 34.3. The van der Waals surface area contributed by atoms with Crippen molar-refractivity contribution >= 4 is 48.5 Å². The van der Waals surface area contributed by atoms with Gasteiger partial charge in [0, 0.05) is 25.5 Å². The van der Waals surface area contributed by atoms with Gasteiger partial charge in [0.25, 0.3) is 11.8 Å². The Labute approximate surface area is 296 Å². The molecule has 50 heavy (non-hydrogen) atoms. The lowest BCUT2D eigenvalue weighted by Gasteiger charge is -2.30. The topological polar surface area (TPSA) is 151 Å². The Morgan fingerprint density at radius 1 is 0.960 bits per heavy atom. The number of pyridine rings is 1. The van der Waals surface area contributed by atoms with Crippen LogP contribution < -0.4 is 15.4 Å². The highest BCUT2D eigenvalue weighted by Crippen LogP contribution is 2.30. The molecule has 0 saturated carbocycles. The normalized spacial score (nSPS) is 12.9. The lowest BCUT2D eigenvalue weighted by atomic mass is 10.0. The standard InChI is InChI=1S/C37H41N5O6S2/c1-24(2)21-42(50(46,47)29-15-16-30-33(19-29)49-37(40-30)41-36(45)28-14-9-17-38-20-28)22-32(43)31(18-27-12-6-5-7-13-27)39-34(44)23-48-35-25(3)10-8-11-26(35)4/h5-17,19-20,24,31-32,43H,18,21-23H2,1-4H3,(H,39,44)(H,40,41,45)/t31-,32+/m0/s1. The summed E-state index contributed by atoms with van der Waals surface area (Å²) in [6.07, 6.45) is 2.03. The summed E-state index contributed by atoms with van der Waals surface area (Å²) >= 11 is 1.15. The highest BCUT2D eigenvalue weighted by molar-refractivity contribution is 7.89.